The lowest BCUT2D eigenvalue weighted by molar-refractivity contribution is -0.136. The lowest BCUT2D eigenvalue weighted by atomic mass is 9.78. The summed E-state index contributed by atoms with van der Waals surface area (Å²) in [6.45, 7) is 4.07. The van der Waals surface area contributed by atoms with E-state index in [-0.39, 0.29) is 5.41 Å². The summed E-state index contributed by atoms with van der Waals surface area (Å²) in [4.78, 5) is 14.6. The van der Waals surface area contributed by atoms with Crippen molar-refractivity contribution in [3.05, 3.63) is 0 Å². The summed E-state index contributed by atoms with van der Waals surface area (Å²) in [6.07, 6.45) is 6.93. The van der Waals surface area contributed by atoms with Gasteiger partial charge in [0.2, 0.25) is 5.91 Å². The molecule has 1 aliphatic heterocycles. The zero-order valence-electron chi connectivity index (χ0n) is 10.8. The number of amides is 1. The molecule has 2 aliphatic carbocycles. The van der Waals surface area contributed by atoms with Gasteiger partial charge in [-0.05, 0) is 43.9 Å². The largest absolute Gasteiger partial charge is 0.342 e. The first kappa shape index (κ1) is 11.5. The second-order valence-corrected chi connectivity index (χ2v) is 6.36. The average molecular weight is 236 g/mol. The number of carbonyl (C=O) groups is 1. The number of carbonyl (C=O) groups excluding carboxylic acids is 1. The number of likely N-dealkylation sites (tertiary alicyclic amines) is 1. The molecular formula is C14H24N2O. The van der Waals surface area contributed by atoms with E-state index in [9.17, 15) is 4.79 Å². The van der Waals surface area contributed by atoms with Crippen molar-refractivity contribution in [1.82, 2.24) is 4.90 Å². The van der Waals surface area contributed by atoms with E-state index < -0.39 is 0 Å². The maximum absolute atomic E-state index is 12.5. The molecule has 1 heterocycles. The molecule has 3 nitrogen and oxygen atoms in total. The molecule has 2 N–H and O–H groups in total. The molecule has 1 saturated heterocycles. The summed E-state index contributed by atoms with van der Waals surface area (Å²) in [5, 5.41) is 0. The van der Waals surface area contributed by atoms with Crippen LogP contribution in [0.25, 0.3) is 0 Å². The van der Waals surface area contributed by atoms with Gasteiger partial charge in [0.05, 0.1) is 0 Å². The lowest BCUT2D eigenvalue weighted by Gasteiger charge is -2.29. The quantitative estimate of drug-likeness (QED) is 0.794. The van der Waals surface area contributed by atoms with Crippen LogP contribution in [0.2, 0.25) is 0 Å². The number of nitrogens with two attached hydrogens (primary N) is 1. The monoisotopic (exact) mass is 236 g/mol. The summed E-state index contributed by atoms with van der Waals surface area (Å²) in [6, 6.07) is 0.336. The number of hydrogen-bond donors (Lipinski definition) is 1. The Morgan fingerprint density at radius 3 is 2.71 bits per heavy atom. The van der Waals surface area contributed by atoms with Crippen molar-refractivity contribution in [3.8, 4) is 0 Å². The van der Waals surface area contributed by atoms with E-state index >= 15 is 0 Å². The molecule has 3 heteroatoms. The first-order chi connectivity index (χ1) is 8.16. The highest BCUT2D eigenvalue weighted by Gasteiger charge is 2.52. The zero-order chi connectivity index (χ0) is 12.0. The third-order valence-electron chi connectivity index (χ3n) is 5.43. The van der Waals surface area contributed by atoms with Crippen LogP contribution in [0, 0.1) is 17.3 Å². The molecule has 0 aromatic carbocycles. The Labute approximate surface area is 104 Å². The lowest BCUT2D eigenvalue weighted by Crippen LogP contribution is -2.39. The van der Waals surface area contributed by atoms with Crippen molar-refractivity contribution in [3.63, 3.8) is 0 Å². The maximum atomic E-state index is 12.5. The molecule has 0 spiro atoms. The Hall–Kier alpha value is -0.570. The minimum atomic E-state index is 0.0393. The van der Waals surface area contributed by atoms with Crippen molar-refractivity contribution in [2.24, 2.45) is 23.0 Å². The van der Waals surface area contributed by atoms with Crippen LogP contribution in [0.15, 0.2) is 0 Å². The van der Waals surface area contributed by atoms with E-state index in [1.807, 2.05) is 0 Å². The van der Waals surface area contributed by atoms with Gasteiger partial charge in [-0.25, -0.2) is 0 Å². The van der Waals surface area contributed by atoms with Gasteiger partial charge in [0, 0.05) is 24.5 Å². The van der Waals surface area contributed by atoms with Gasteiger partial charge >= 0.3 is 0 Å². The number of fused-ring (bicyclic) bond motifs is 1. The van der Waals surface area contributed by atoms with Crippen LogP contribution in [0.4, 0.5) is 0 Å². The fourth-order valence-corrected chi connectivity index (χ4v) is 3.89. The van der Waals surface area contributed by atoms with Gasteiger partial charge in [-0.3, -0.25) is 4.79 Å². The molecule has 3 rings (SSSR count). The Kier molecular flexibility index (Phi) is 2.69. The van der Waals surface area contributed by atoms with Gasteiger partial charge in [0.15, 0.2) is 0 Å². The van der Waals surface area contributed by atoms with Crippen LogP contribution in [0.1, 0.15) is 45.4 Å². The minimum absolute atomic E-state index is 0.0393. The van der Waals surface area contributed by atoms with Gasteiger partial charge in [-0.15, -0.1) is 0 Å². The number of nitrogens with zero attached hydrogens (tertiary/aromatic N) is 1. The molecule has 3 atom stereocenters. The Morgan fingerprint density at radius 2 is 2.12 bits per heavy atom. The summed E-state index contributed by atoms with van der Waals surface area (Å²) >= 11 is 0. The highest BCUT2D eigenvalue weighted by atomic mass is 16.2. The first-order valence-electron chi connectivity index (χ1n) is 7.21. The highest BCUT2D eigenvalue weighted by Crippen LogP contribution is 2.51. The molecule has 3 aliphatic rings. The van der Waals surface area contributed by atoms with Crippen LogP contribution in [-0.2, 0) is 4.79 Å². The number of rotatable bonds is 2. The van der Waals surface area contributed by atoms with Crippen LogP contribution in [0.5, 0.6) is 0 Å². The second kappa shape index (κ2) is 3.98. The summed E-state index contributed by atoms with van der Waals surface area (Å²) in [5.74, 6) is 1.71. The normalized spacial score (nSPS) is 38.9. The predicted molar refractivity (Wildman–Crippen MR) is 67.3 cm³/mol. The molecule has 17 heavy (non-hydrogen) atoms. The molecule has 96 valence electrons. The van der Waals surface area contributed by atoms with Gasteiger partial charge in [0.25, 0.3) is 0 Å². The van der Waals surface area contributed by atoms with Crippen molar-refractivity contribution in [2.45, 2.75) is 51.5 Å². The van der Waals surface area contributed by atoms with E-state index in [0.29, 0.717) is 23.8 Å². The van der Waals surface area contributed by atoms with Gasteiger partial charge in [-0.1, -0.05) is 13.3 Å². The SMILES string of the molecule is CCC1(C(=O)N2CC3CCCC(N)C3C2)CC1. The topological polar surface area (TPSA) is 46.3 Å². The smallest absolute Gasteiger partial charge is 0.228 e. The fraction of sp³-hybridized carbons (Fsp3) is 0.929. The standard InChI is InChI=1S/C14H24N2O/c1-2-14(6-7-14)13(17)16-8-10-4-3-5-12(15)11(10)9-16/h10-12H,2-9,15H2,1H3. The molecule has 3 fully saturated rings. The van der Waals surface area contributed by atoms with Crippen LogP contribution < -0.4 is 5.73 Å². The maximum Gasteiger partial charge on any atom is 0.228 e. The summed E-state index contributed by atoms with van der Waals surface area (Å²) in [7, 11) is 0. The van der Waals surface area contributed by atoms with E-state index in [1.165, 1.54) is 12.8 Å². The van der Waals surface area contributed by atoms with E-state index in [2.05, 4.69) is 11.8 Å². The third kappa shape index (κ3) is 1.79. The van der Waals surface area contributed by atoms with Crippen molar-refractivity contribution >= 4 is 5.91 Å². The van der Waals surface area contributed by atoms with Crippen LogP contribution in [-0.4, -0.2) is 29.9 Å². The zero-order valence-corrected chi connectivity index (χ0v) is 10.8. The molecular weight excluding hydrogens is 212 g/mol. The van der Waals surface area contributed by atoms with Gasteiger partial charge < -0.3 is 10.6 Å². The molecule has 3 unspecified atom stereocenters. The van der Waals surface area contributed by atoms with Crippen molar-refractivity contribution in [1.29, 1.82) is 0 Å². The molecule has 1 amide bonds. The van der Waals surface area contributed by atoms with E-state index in [0.717, 1.165) is 38.8 Å². The molecule has 0 bridgehead atoms. The molecule has 0 aromatic rings. The van der Waals surface area contributed by atoms with E-state index in [4.69, 9.17) is 5.73 Å². The fourth-order valence-electron chi connectivity index (χ4n) is 3.89. The van der Waals surface area contributed by atoms with Gasteiger partial charge in [-0.2, -0.15) is 0 Å². The Bertz CT molecular complexity index is 324. The molecule has 2 saturated carbocycles. The average Bonchev–Trinajstić information content (AvgIpc) is 3.01. The van der Waals surface area contributed by atoms with Crippen molar-refractivity contribution < 1.29 is 4.79 Å². The summed E-state index contributed by atoms with van der Waals surface area (Å²) < 4.78 is 0. The van der Waals surface area contributed by atoms with Crippen LogP contribution in [0.3, 0.4) is 0 Å². The second-order valence-electron chi connectivity index (χ2n) is 6.36. The Morgan fingerprint density at radius 1 is 1.35 bits per heavy atom. The third-order valence-corrected chi connectivity index (χ3v) is 5.43. The first-order valence-corrected chi connectivity index (χ1v) is 7.21. The Balaban J connectivity index is 1.69. The van der Waals surface area contributed by atoms with Crippen molar-refractivity contribution in [2.75, 3.05) is 13.1 Å². The minimum Gasteiger partial charge on any atom is -0.342 e. The van der Waals surface area contributed by atoms with E-state index in [1.54, 1.807) is 0 Å². The number of hydrogen-bond acceptors (Lipinski definition) is 2. The highest BCUT2D eigenvalue weighted by molar-refractivity contribution is 5.85. The van der Waals surface area contributed by atoms with Gasteiger partial charge in [0.1, 0.15) is 0 Å². The summed E-state index contributed by atoms with van der Waals surface area (Å²) in [5.41, 5.74) is 6.24. The van der Waals surface area contributed by atoms with Crippen LogP contribution >= 0.6 is 0 Å². The molecule has 0 radical (unpaired) electrons. The molecule has 0 aromatic heterocycles. The predicted octanol–water partition coefficient (Wildman–Crippen LogP) is 1.76.